The lowest BCUT2D eigenvalue weighted by Crippen LogP contribution is -2.44. The van der Waals surface area contributed by atoms with Crippen LogP contribution in [-0.4, -0.2) is 25.1 Å². The Morgan fingerprint density at radius 3 is 2.56 bits per heavy atom. The Balaban J connectivity index is 3.86. The van der Waals surface area contributed by atoms with Crippen molar-refractivity contribution in [2.45, 2.75) is 26.7 Å². The van der Waals surface area contributed by atoms with Crippen molar-refractivity contribution in [2.75, 3.05) is 13.1 Å². The van der Waals surface area contributed by atoms with Gasteiger partial charge < -0.3 is 16.8 Å². The molecule has 0 aliphatic rings. The average molecular weight is 229 g/mol. The minimum absolute atomic E-state index is 0.0497. The highest BCUT2D eigenvalue weighted by molar-refractivity contribution is 5.93. The summed E-state index contributed by atoms with van der Waals surface area (Å²) in [6.07, 6.45) is 2.03. The summed E-state index contributed by atoms with van der Waals surface area (Å²) in [5.74, 6) is 0.880. The van der Waals surface area contributed by atoms with Crippen molar-refractivity contribution in [1.29, 1.82) is 5.41 Å². The molecule has 0 aromatic carbocycles. The van der Waals surface area contributed by atoms with Gasteiger partial charge in [-0.1, -0.05) is 20.3 Å². The van der Waals surface area contributed by atoms with E-state index in [1.54, 1.807) is 0 Å². The van der Waals surface area contributed by atoms with Crippen molar-refractivity contribution in [2.24, 2.45) is 23.3 Å². The van der Waals surface area contributed by atoms with Crippen LogP contribution in [0.3, 0.4) is 0 Å². The molecule has 0 saturated carbocycles. The molecule has 94 valence electrons. The van der Waals surface area contributed by atoms with E-state index < -0.39 is 6.03 Å². The maximum absolute atomic E-state index is 10.5. The monoisotopic (exact) mass is 229 g/mol. The largest absolute Gasteiger partial charge is 0.356 e. The van der Waals surface area contributed by atoms with E-state index >= 15 is 0 Å². The van der Waals surface area contributed by atoms with Crippen LogP contribution in [0.1, 0.15) is 26.7 Å². The van der Waals surface area contributed by atoms with Gasteiger partial charge in [-0.25, -0.2) is 4.79 Å². The summed E-state index contributed by atoms with van der Waals surface area (Å²) in [5, 5.41) is 12.4. The second-order valence-electron chi connectivity index (χ2n) is 4.10. The molecule has 7 N–H and O–H groups in total. The molecule has 0 saturated heterocycles. The number of urea groups is 1. The highest BCUT2D eigenvalue weighted by Crippen LogP contribution is 2.13. The molecule has 2 amide bonds. The SMILES string of the molecule is CCC(CNC(=N)NC(N)=O)CC(C)CN. The molecular formula is C10H23N5O. The number of carbonyl (C=O) groups excluding carboxylic acids is 1. The fourth-order valence-corrected chi connectivity index (χ4v) is 1.47. The molecule has 6 nitrogen and oxygen atoms in total. The van der Waals surface area contributed by atoms with Gasteiger partial charge in [0.25, 0.3) is 0 Å². The highest BCUT2D eigenvalue weighted by atomic mass is 16.2. The Morgan fingerprint density at radius 1 is 1.50 bits per heavy atom. The summed E-state index contributed by atoms with van der Waals surface area (Å²) in [4.78, 5) is 10.5. The zero-order chi connectivity index (χ0) is 12.6. The fraction of sp³-hybridized carbons (Fsp3) is 0.800. The molecule has 0 heterocycles. The summed E-state index contributed by atoms with van der Waals surface area (Å²) < 4.78 is 0. The first-order valence-electron chi connectivity index (χ1n) is 5.58. The third kappa shape index (κ3) is 7.05. The van der Waals surface area contributed by atoms with Crippen LogP contribution in [0.15, 0.2) is 0 Å². The maximum atomic E-state index is 10.5. The molecule has 0 aromatic rings. The van der Waals surface area contributed by atoms with Crippen LogP contribution in [0.5, 0.6) is 0 Å². The van der Waals surface area contributed by atoms with Crippen LogP contribution in [-0.2, 0) is 0 Å². The lowest BCUT2D eigenvalue weighted by molar-refractivity contribution is 0.252. The normalized spacial score (nSPS) is 13.9. The van der Waals surface area contributed by atoms with E-state index in [9.17, 15) is 4.79 Å². The van der Waals surface area contributed by atoms with E-state index in [4.69, 9.17) is 16.9 Å². The standard InChI is InChI=1S/C10H23N5O/c1-3-8(4-7(2)5-11)6-14-9(12)15-10(13)16/h7-8H,3-6,11H2,1-2H3,(H5,12,13,14,15,16). The third-order valence-electron chi connectivity index (χ3n) is 2.53. The number of guanidine groups is 1. The maximum Gasteiger partial charge on any atom is 0.318 e. The topological polar surface area (TPSA) is 117 Å². The molecule has 16 heavy (non-hydrogen) atoms. The molecule has 2 atom stereocenters. The summed E-state index contributed by atoms with van der Waals surface area (Å²) in [6.45, 7) is 5.53. The van der Waals surface area contributed by atoms with Gasteiger partial charge in [0.1, 0.15) is 0 Å². The molecule has 0 aliphatic heterocycles. The van der Waals surface area contributed by atoms with E-state index in [2.05, 4.69) is 24.5 Å². The van der Waals surface area contributed by atoms with Crippen LogP contribution in [0.2, 0.25) is 0 Å². The number of hydrogen-bond acceptors (Lipinski definition) is 3. The molecular weight excluding hydrogens is 206 g/mol. The summed E-state index contributed by atoms with van der Waals surface area (Å²) in [6, 6.07) is -0.721. The van der Waals surface area contributed by atoms with Crippen LogP contribution in [0.25, 0.3) is 0 Å². The molecule has 0 rings (SSSR count). The second kappa shape index (κ2) is 7.92. The number of hydrogen-bond donors (Lipinski definition) is 5. The minimum atomic E-state index is -0.721. The molecule has 0 spiro atoms. The molecule has 0 aliphatic carbocycles. The Hall–Kier alpha value is -1.30. The van der Waals surface area contributed by atoms with Gasteiger partial charge in [-0.2, -0.15) is 0 Å². The van der Waals surface area contributed by atoms with E-state index in [0.29, 0.717) is 24.9 Å². The number of amides is 2. The molecule has 0 fully saturated rings. The Kier molecular flexibility index (Phi) is 7.28. The van der Waals surface area contributed by atoms with E-state index in [-0.39, 0.29) is 5.96 Å². The fourth-order valence-electron chi connectivity index (χ4n) is 1.47. The van der Waals surface area contributed by atoms with Crippen molar-refractivity contribution >= 4 is 12.0 Å². The van der Waals surface area contributed by atoms with Crippen molar-refractivity contribution in [1.82, 2.24) is 10.6 Å². The summed E-state index contributed by atoms with van der Waals surface area (Å²) in [7, 11) is 0. The van der Waals surface area contributed by atoms with Crippen LogP contribution in [0, 0.1) is 17.2 Å². The van der Waals surface area contributed by atoms with E-state index in [1.807, 2.05) is 0 Å². The zero-order valence-corrected chi connectivity index (χ0v) is 10.0. The van der Waals surface area contributed by atoms with E-state index in [1.165, 1.54) is 0 Å². The smallest absolute Gasteiger partial charge is 0.318 e. The molecule has 6 heteroatoms. The predicted molar refractivity (Wildman–Crippen MR) is 65.1 cm³/mol. The first-order chi connectivity index (χ1) is 7.49. The second-order valence-corrected chi connectivity index (χ2v) is 4.10. The number of nitrogens with one attached hydrogen (secondary N) is 3. The van der Waals surface area contributed by atoms with Crippen LogP contribution < -0.4 is 22.1 Å². The zero-order valence-electron chi connectivity index (χ0n) is 10.0. The molecule has 0 bridgehead atoms. The van der Waals surface area contributed by atoms with Gasteiger partial charge in [-0.15, -0.1) is 0 Å². The number of nitrogens with two attached hydrogens (primary N) is 2. The minimum Gasteiger partial charge on any atom is -0.356 e. The van der Waals surface area contributed by atoms with Crippen molar-refractivity contribution in [3.63, 3.8) is 0 Å². The Bertz CT molecular complexity index is 231. The third-order valence-corrected chi connectivity index (χ3v) is 2.53. The Morgan fingerprint density at radius 2 is 2.12 bits per heavy atom. The predicted octanol–water partition coefficient (Wildman–Crippen LogP) is 0.190. The van der Waals surface area contributed by atoms with Crippen LogP contribution >= 0.6 is 0 Å². The molecule has 2 unspecified atom stereocenters. The van der Waals surface area contributed by atoms with Gasteiger partial charge in [-0.05, 0) is 24.8 Å². The lowest BCUT2D eigenvalue weighted by Gasteiger charge is -2.19. The Labute approximate surface area is 96.7 Å². The van der Waals surface area contributed by atoms with Gasteiger partial charge in [0.15, 0.2) is 5.96 Å². The van der Waals surface area contributed by atoms with E-state index in [0.717, 1.165) is 12.8 Å². The van der Waals surface area contributed by atoms with Crippen LogP contribution in [0.4, 0.5) is 4.79 Å². The molecule has 0 aromatic heterocycles. The molecule has 0 radical (unpaired) electrons. The number of rotatable bonds is 6. The van der Waals surface area contributed by atoms with Crippen molar-refractivity contribution in [3.05, 3.63) is 0 Å². The first-order valence-corrected chi connectivity index (χ1v) is 5.58. The van der Waals surface area contributed by atoms with Crippen molar-refractivity contribution < 1.29 is 4.79 Å². The summed E-state index contributed by atoms with van der Waals surface area (Å²) in [5.41, 5.74) is 10.4. The average Bonchev–Trinajstić information content (AvgIpc) is 2.22. The number of carbonyl (C=O) groups is 1. The lowest BCUT2D eigenvalue weighted by atomic mass is 9.94. The van der Waals surface area contributed by atoms with Gasteiger partial charge in [-0.3, -0.25) is 10.7 Å². The quantitative estimate of drug-likeness (QED) is 0.330. The van der Waals surface area contributed by atoms with Gasteiger partial charge >= 0.3 is 6.03 Å². The highest BCUT2D eigenvalue weighted by Gasteiger charge is 2.11. The van der Waals surface area contributed by atoms with Gasteiger partial charge in [0.05, 0.1) is 0 Å². The first kappa shape index (κ1) is 14.7. The van der Waals surface area contributed by atoms with Gasteiger partial charge in [0.2, 0.25) is 0 Å². The van der Waals surface area contributed by atoms with Crippen molar-refractivity contribution in [3.8, 4) is 0 Å². The van der Waals surface area contributed by atoms with Gasteiger partial charge in [0, 0.05) is 6.54 Å². The summed E-state index contributed by atoms with van der Waals surface area (Å²) >= 11 is 0. The number of primary amides is 1.